The first-order valence-corrected chi connectivity index (χ1v) is 39.6. The summed E-state index contributed by atoms with van der Waals surface area (Å²) in [6, 6.07) is 57.8. The standard InChI is InChI=1S/C90H78F2N4O2S4/c1-5-9-13-17-21-55-25-33-61(34-26-55)89(62-35-27-56(28-36-62)22-18-14-10-6-2)75-49-67(47-73-77(59(51-93)52-94)69-43-41-65(91)45-71(69)81(73)97)99-83(75)85-79(89)87-88(101-85)80-86(102-87)84-76(50-68(100-84)48-74-78(60(53-95)54-96)70-44-42-66(92)46-72(70)82(74)98)90(80,63-37-29-57(30-38-63)23-19-15-11-7-3)64-39-31-58(32-40-64)24-20-16-12-8-4/h25-50H,5-24H2,1-4H3. The second kappa shape index (κ2) is 29.8. The average Bonchev–Trinajstić information content (AvgIpc) is 1.49. The van der Waals surface area contributed by atoms with E-state index < -0.39 is 34.0 Å². The predicted octanol–water partition coefficient (Wildman–Crippen LogP) is 24.7. The van der Waals surface area contributed by atoms with Crippen LogP contribution < -0.4 is 0 Å². The summed E-state index contributed by atoms with van der Waals surface area (Å²) in [6.45, 7) is 8.95. The smallest absolute Gasteiger partial charge is 0.194 e. The fraction of sp³-hybridized carbons (Fsp3) is 0.289. The lowest BCUT2D eigenvalue weighted by atomic mass is 9.67. The number of rotatable bonds is 26. The highest BCUT2D eigenvalue weighted by molar-refractivity contribution is 7.34. The minimum absolute atomic E-state index is 0.115. The average molecular weight is 1410 g/mol. The van der Waals surface area contributed by atoms with Crippen LogP contribution in [0.1, 0.15) is 239 Å². The number of ketones is 2. The van der Waals surface area contributed by atoms with E-state index in [1.165, 1.54) is 95.5 Å². The molecule has 4 heterocycles. The molecule has 6 aromatic carbocycles. The maximum atomic E-state index is 15.1. The van der Waals surface area contributed by atoms with Crippen molar-refractivity contribution in [2.75, 3.05) is 0 Å². The molecule has 4 aliphatic carbocycles. The first-order valence-electron chi connectivity index (χ1n) is 36.4. The molecule has 4 aromatic heterocycles. The molecule has 0 saturated heterocycles. The van der Waals surface area contributed by atoms with Crippen LogP contribution in [-0.4, -0.2) is 11.6 Å². The summed E-state index contributed by atoms with van der Waals surface area (Å²) >= 11 is 6.82. The highest BCUT2D eigenvalue weighted by Gasteiger charge is 2.55. The third kappa shape index (κ3) is 12.1. The fourth-order valence-electron chi connectivity index (χ4n) is 16.3. The molecule has 0 aliphatic heterocycles. The van der Waals surface area contributed by atoms with Gasteiger partial charge in [-0.25, -0.2) is 8.78 Å². The molecule has 6 nitrogen and oxygen atoms in total. The van der Waals surface area contributed by atoms with Crippen molar-refractivity contribution in [3.63, 3.8) is 0 Å². The summed E-state index contributed by atoms with van der Waals surface area (Å²) in [5.74, 6) is -2.06. The lowest BCUT2D eigenvalue weighted by Gasteiger charge is -2.34. The Morgan fingerprint density at radius 1 is 0.373 bits per heavy atom. The number of thiophene rings is 4. The van der Waals surface area contributed by atoms with Crippen molar-refractivity contribution in [1.29, 1.82) is 21.0 Å². The quantitative estimate of drug-likeness (QED) is 0.0302. The van der Waals surface area contributed by atoms with Gasteiger partial charge in [-0.3, -0.25) is 9.59 Å². The van der Waals surface area contributed by atoms with Gasteiger partial charge in [-0.2, -0.15) is 21.0 Å². The minimum Gasteiger partial charge on any atom is -0.289 e. The SMILES string of the molecule is CCCCCCc1ccc(C2(c3ccc(CCCCCC)cc3)c3cc(C=C4C(=O)c5cc(F)ccc5C4=C(C#N)C#N)sc3-c3sc4c5c(sc4c32)-c2sc(C=C3C(=O)c4cc(F)ccc4C3=C(C#N)C#N)cc2C5(c2ccc(CCCCCC)cc2)c2ccc(CCCCCC)cc2)cc1. The van der Waals surface area contributed by atoms with Gasteiger partial charge >= 0.3 is 0 Å². The van der Waals surface area contributed by atoms with Gasteiger partial charge in [-0.1, -0.05) is 214 Å². The minimum atomic E-state index is -0.931. The van der Waals surface area contributed by atoms with Gasteiger partial charge in [0, 0.05) is 54.3 Å². The molecule has 0 N–H and O–H groups in total. The van der Waals surface area contributed by atoms with Gasteiger partial charge in [0.05, 0.1) is 39.7 Å². The van der Waals surface area contributed by atoms with Gasteiger partial charge in [0.15, 0.2) is 11.6 Å². The Morgan fingerprint density at radius 3 is 0.961 bits per heavy atom. The number of fused-ring (bicyclic) bond motifs is 11. The first kappa shape index (κ1) is 69.6. The van der Waals surface area contributed by atoms with Crippen molar-refractivity contribution < 1.29 is 18.4 Å². The first-order chi connectivity index (χ1) is 49.9. The van der Waals surface area contributed by atoms with E-state index in [0.29, 0.717) is 11.1 Å². The number of hydrogen-bond donors (Lipinski definition) is 0. The van der Waals surface area contributed by atoms with Crippen molar-refractivity contribution in [2.45, 2.75) is 167 Å². The molecule has 12 heteroatoms. The number of nitrogens with zero attached hydrogens (tertiary/aromatic N) is 4. The number of nitriles is 4. The topological polar surface area (TPSA) is 129 Å². The van der Waals surface area contributed by atoms with Gasteiger partial charge in [-0.05, 0) is 167 Å². The number of carbonyl (C=O) groups is 2. The molecule has 4 aliphatic rings. The highest BCUT2D eigenvalue weighted by Crippen LogP contribution is 2.70. The summed E-state index contributed by atoms with van der Waals surface area (Å²) in [6.07, 6.45) is 25.7. The third-order valence-corrected chi connectivity index (χ3v) is 26.4. The fourth-order valence-corrected chi connectivity index (χ4v) is 22.1. The number of carbonyl (C=O) groups excluding carboxylic acids is 2. The number of hydrogen-bond acceptors (Lipinski definition) is 10. The van der Waals surface area contributed by atoms with Crippen LogP contribution in [0.3, 0.4) is 0 Å². The van der Waals surface area contributed by atoms with Crippen LogP contribution in [0.2, 0.25) is 0 Å². The summed E-state index contributed by atoms with van der Waals surface area (Å²) in [5.41, 5.74) is 13.3. The molecular weight excluding hydrogens is 1340 g/mol. The van der Waals surface area contributed by atoms with Gasteiger partial charge in [0.1, 0.15) is 47.1 Å². The Hall–Kier alpha value is -9.50. The molecule has 0 fully saturated rings. The largest absolute Gasteiger partial charge is 0.289 e. The zero-order valence-electron chi connectivity index (χ0n) is 58.1. The Kier molecular flexibility index (Phi) is 20.3. The molecule has 0 spiro atoms. The Balaban J connectivity index is 1.06. The van der Waals surface area contributed by atoms with Crippen LogP contribution in [-0.2, 0) is 36.5 Å². The van der Waals surface area contributed by atoms with Crippen LogP contribution >= 0.6 is 45.3 Å². The van der Waals surface area contributed by atoms with E-state index in [9.17, 15) is 30.6 Å². The van der Waals surface area contributed by atoms with Crippen molar-refractivity contribution in [3.05, 3.63) is 278 Å². The zero-order valence-corrected chi connectivity index (χ0v) is 61.4. The van der Waals surface area contributed by atoms with Gasteiger partial charge < -0.3 is 0 Å². The molecule has 0 unspecified atom stereocenters. The van der Waals surface area contributed by atoms with E-state index in [2.05, 4.69) is 161 Å². The maximum Gasteiger partial charge on any atom is 0.194 e. The Labute approximate surface area is 613 Å². The highest BCUT2D eigenvalue weighted by atomic mass is 32.1. The molecule has 0 bridgehead atoms. The second-order valence-electron chi connectivity index (χ2n) is 27.7. The maximum absolute atomic E-state index is 15.1. The zero-order chi connectivity index (χ0) is 70.8. The molecule has 102 heavy (non-hydrogen) atoms. The van der Waals surface area contributed by atoms with Gasteiger partial charge in [0.25, 0.3) is 0 Å². The molecule has 0 atom stereocenters. The van der Waals surface area contributed by atoms with Crippen molar-refractivity contribution in [1.82, 2.24) is 0 Å². The van der Waals surface area contributed by atoms with E-state index >= 15 is 8.78 Å². The number of Topliss-reactive ketones (excluding diaryl/α,β-unsaturated/α-hetero) is 2. The van der Waals surface area contributed by atoms with Crippen LogP contribution in [0, 0.1) is 57.0 Å². The number of allylic oxidation sites excluding steroid dienone is 6. The molecule has 0 radical (unpaired) electrons. The lowest BCUT2D eigenvalue weighted by Crippen LogP contribution is -2.29. The molecular formula is C90H78F2N4O2S4. The number of halogens is 2. The van der Waals surface area contributed by atoms with Crippen LogP contribution in [0.15, 0.2) is 168 Å². The van der Waals surface area contributed by atoms with Crippen LogP contribution in [0.25, 0.3) is 52.2 Å². The van der Waals surface area contributed by atoms with E-state index in [1.807, 2.05) is 34.8 Å². The lowest BCUT2D eigenvalue weighted by molar-refractivity contribution is 0.103. The monoisotopic (exact) mass is 1410 g/mol. The summed E-state index contributed by atoms with van der Waals surface area (Å²) in [5, 5.41) is 41.9. The normalized spacial score (nSPS) is 14.9. The van der Waals surface area contributed by atoms with Crippen LogP contribution in [0.5, 0.6) is 0 Å². The van der Waals surface area contributed by atoms with E-state index in [4.69, 9.17) is 0 Å². The molecule has 0 saturated carbocycles. The van der Waals surface area contributed by atoms with E-state index in [1.54, 1.807) is 22.7 Å². The van der Waals surface area contributed by atoms with Gasteiger partial charge in [0.2, 0.25) is 0 Å². The van der Waals surface area contributed by atoms with Crippen molar-refractivity contribution in [2.24, 2.45) is 0 Å². The van der Waals surface area contributed by atoms with Gasteiger partial charge in [-0.15, -0.1) is 45.3 Å². The number of benzene rings is 6. The molecule has 0 amide bonds. The van der Waals surface area contributed by atoms with Crippen molar-refractivity contribution in [3.8, 4) is 43.8 Å². The Bertz CT molecular complexity index is 4800. The van der Waals surface area contributed by atoms with E-state index in [0.717, 1.165) is 175 Å². The summed E-state index contributed by atoms with van der Waals surface area (Å²) in [7, 11) is 0. The predicted molar refractivity (Wildman–Crippen MR) is 415 cm³/mol. The summed E-state index contributed by atoms with van der Waals surface area (Å²) in [4.78, 5) is 35.4. The molecule has 10 aromatic rings. The van der Waals surface area contributed by atoms with E-state index in [-0.39, 0.29) is 44.6 Å². The van der Waals surface area contributed by atoms with Crippen LogP contribution in [0.4, 0.5) is 8.78 Å². The number of aryl methyl sites for hydroxylation is 4. The number of unbranched alkanes of at least 4 members (excludes halogenated alkanes) is 12. The van der Waals surface area contributed by atoms with Crippen molar-refractivity contribution >= 4 is 89.6 Å². The second-order valence-corrected chi connectivity index (χ2v) is 31.9. The summed E-state index contributed by atoms with van der Waals surface area (Å²) < 4.78 is 32.6. The molecule has 508 valence electrons. The third-order valence-electron chi connectivity index (χ3n) is 21.4. The Morgan fingerprint density at radius 2 is 0.676 bits per heavy atom. The molecule has 14 rings (SSSR count).